The van der Waals surface area contributed by atoms with E-state index < -0.39 is 30.2 Å². The van der Waals surface area contributed by atoms with Gasteiger partial charge in [0, 0.05) is 22.8 Å². The topological polar surface area (TPSA) is 38.9 Å². The summed E-state index contributed by atoms with van der Waals surface area (Å²) in [5.74, 6) is -3.17. The van der Waals surface area contributed by atoms with Crippen molar-refractivity contribution in [2.45, 2.75) is 12.1 Å². The van der Waals surface area contributed by atoms with Crippen molar-refractivity contribution >= 4 is 15.9 Å². The van der Waals surface area contributed by atoms with E-state index in [4.69, 9.17) is 5.73 Å². The Balaban J connectivity index is 3.18. The Kier molecular flexibility index (Phi) is 3.67. The van der Waals surface area contributed by atoms with E-state index in [1.54, 1.807) is 0 Å². The number of hydrogen-bond donors (Lipinski definition) is 1. The fraction of sp³-hybridized carbons (Fsp3) is 0.375. The van der Waals surface area contributed by atoms with Gasteiger partial charge in [0.25, 0.3) is 0 Å². The van der Waals surface area contributed by atoms with Gasteiger partial charge >= 0.3 is 6.18 Å². The zero-order valence-electron chi connectivity index (χ0n) is 7.35. The lowest BCUT2D eigenvalue weighted by Crippen LogP contribution is -2.29. The number of aromatic nitrogens is 1. The molecule has 1 unspecified atom stereocenters. The normalized spacial score (nSPS) is 14.0. The van der Waals surface area contributed by atoms with Crippen molar-refractivity contribution in [3.8, 4) is 0 Å². The zero-order valence-corrected chi connectivity index (χ0v) is 8.94. The highest BCUT2D eigenvalue weighted by molar-refractivity contribution is 9.10. The number of rotatable bonds is 2. The molecule has 1 aromatic rings. The molecule has 0 radical (unpaired) electrons. The molecule has 0 saturated carbocycles. The van der Waals surface area contributed by atoms with Crippen LogP contribution in [0.5, 0.6) is 0 Å². The van der Waals surface area contributed by atoms with Gasteiger partial charge < -0.3 is 5.73 Å². The fourth-order valence-electron chi connectivity index (χ4n) is 1.12. The van der Waals surface area contributed by atoms with E-state index >= 15 is 0 Å². The van der Waals surface area contributed by atoms with E-state index in [0.717, 1.165) is 12.3 Å². The Hall–Kier alpha value is -0.690. The summed E-state index contributed by atoms with van der Waals surface area (Å²) in [7, 11) is 0. The van der Waals surface area contributed by atoms with E-state index in [0.29, 0.717) is 0 Å². The Morgan fingerprint density at radius 2 is 2.07 bits per heavy atom. The summed E-state index contributed by atoms with van der Waals surface area (Å²) < 4.78 is 50.6. The molecule has 15 heavy (non-hydrogen) atoms. The second-order valence-corrected chi connectivity index (χ2v) is 3.78. The van der Waals surface area contributed by atoms with Crippen LogP contribution in [0.3, 0.4) is 0 Å². The highest BCUT2D eigenvalue weighted by Crippen LogP contribution is 2.35. The molecule has 0 fully saturated rings. The van der Waals surface area contributed by atoms with Crippen molar-refractivity contribution in [3.63, 3.8) is 0 Å². The van der Waals surface area contributed by atoms with E-state index in [1.165, 1.54) is 0 Å². The lowest BCUT2D eigenvalue weighted by atomic mass is 10.0. The van der Waals surface area contributed by atoms with Crippen molar-refractivity contribution in [1.29, 1.82) is 0 Å². The van der Waals surface area contributed by atoms with E-state index in [2.05, 4.69) is 20.9 Å². The first-order valence-corrected chi connectivity index (χ1v) is 4.73. The SMILES string of the molecule is NCC(c1cc(Br)cnc1F)C(F)(F)F. The molecule has 0 aliphatic heterocycles. The average Bonchev–Trinajstić information content (AvgIpc) is 2.10. The molecule has 0 aromatic carbocycles. The molecule has 0 amide bonds. The number of pyridine rings is 1. The molecule has 1 aromatic heterocycles. The van der Waals surface area contributed by atoms with Crippen molar-refractivity contribution < 1.29 is 17.6 Å². The molecular weight excluding hydrogens is 280 g/mol. The maximum absolute atomic E-state index is 13.0. The third kappa shape index (κ3) is 2.88. The van der Waals surface area contributed by atoms with Crippen molar-refractivity contribution in [3.05, 3.63) is 28.2 Å². The van der Waals surface area contributed by atoms with Crippen LogP contribution < -0.4 is 5.73 Å². The van der Waals surface area contributed by atoms with Gasteiger partial charge in [0.15, 0.2) is 0 Å². The molecule has 0 bridgehead atoms. The van der Waals surface area contributed by atoms with Crippen LogP contribution in [0.4, 0.5) is 17.6 Å². The monoisotopic (exact) mass is 286 g/mol. The van der Waals surface area contributed by atoms with Crippen LogP contribution in [0.25, 0.3) is 0 Å². The molecule has 7 heteroatoms. The first-order valence-electron chi connectivity index (χ1n) is 3.94. The molecule has 1 atom stereocenters. The average molecular weight is 287 g/mol. The highest BCUT2D eigenvalue weighted by Gasteiger charge is 2.41. The predicted molar refractivity (Wildman–Crippen MR) is 49.7 cm³/mol. The van der Waals surface area contributed by atoms with Gasteiger partial charge in [0.05, 0.1) is 5.92 Å². The summed E-state index contributed by atoms with van der Waals surface area (Å²) in [4.78, 5) is 3.19. The summed E-state index contributed by atoms with van der Waals surface area (Å²) in [6, 6.07) is 1.04. The van der Waals surface area contributed by atoms with Gasteiger partial charge in [-0.25, -0.2) is 4.98 Å². The molecule has 0 saturated heterocycles. The largest absolute Gasteiger partial charge is 0.397 e. The second-order valence-electron chi connectivity index (χ2n) is 2.86. The molecule has 0 spiro atoms. The Morgan fingerprint density at radius 3 is 2.53 bits per heavy atom. The third-order valence-corrected chi connectivity index (χ3v) is 2.27. The van der Waals surface area contributed by atoms with Crippen LogP contribution in [-0.4, -0.2) is 17.7 Å². The van der Waals surface area contributed by atoms with E-state index in [9.17, 15) is 17.6 Å². The number of nitrogens with two attached hydrogens (primary N) is 1. The molecule has 0 aliphatic rings. The second kappa shape index (κ2) is 4.44. The Labute approximate surface area is 91.6 Å². The van der Waals surface area contributed by atoms with Crippen LogP contribution in [0, 0.1) is 5.95 Å². The van der Waals surface area contributed by atoms with Crippen molar-refractivity contribution in [2.24, 2.45) is 5.73 Å². The summed E-state index contributed by atoms with van der Waals surface area (Å²) >= 11 is 2.92. The predicted octanol–water partition coefficient (Wildman–Crippen LogP) is 2.59. The number of nitrogens with zero attached hydrogens (tertiary/aromatic N) is 1. The Morgan fingerprint density at radius 1 is 1.47 bits per heavy atom. The smallest absolute Gasteiger partial charge is 0.330 e. The minimum atomic E-state index is -4.57. The first-order chi connectivity index (χ1) is 6.86. The van der Waals surface area contributed by atoms with E-state index in [-0.39, 0.29) is 4.47 Å². The quantitative estimate of drug-likeness (QED) is 0.670. The standard InChI is InChI=1S/C8H7BrF4N2/c9-4-1-5(7(10)15-3-4)6(2-14)8(11,12)13/h1,3,6H,2,14H2. The minimum absolute atomic E-state index is 0.279. The highest BCUT2D eigenvalue weighted by atomic mass is 79.9. The van der Waals surface area contributed by atoms with Gasteiger partial charge in [0.2, 0.25) is 5.95 Å². The lowest BCUT2D eigenvalue weighted by molar-refractivity contribution is -0.148. The fourth-order valence-corrected chi connectivity index (χ4v) is 1.47. The minimum Gasteiger partial charge on any atom is -0.330 e. The third-order valence-electron chi connectivity index (χ3n) is 1.84. The summed E-state index contributed by atoms with van der Waals surface area (Å²) in [5, 5.41) is 0. The van der Waals surface area contributed by atoms with Gasteiger partial charge in [-0.15, -0.1) is 0 Å². The molecule has 84 valence electrons. The van der Waals surface area contributed by atoms with Crippen LogP contribution in [0.1, 0.15) is 11.5 Å². The number of alkyl halides is 3. The molecule has 0 aliphatic carbocycles. The summed E-state index contributed by atoms with van der Waals surface area (Å²) in [5.41, 5.74) is 4.44. The van der Waals surface area contributed by atoms with Crippen molar-refractivity contribution in [2.75, 3.05) is 6.54 Å². The molecule has 1 rings (SSSR count). The summed E-state index contributed by atoms with van der Waals surface area (Å²) in [6.07, 6.45) is -3.49. The zero-order chi connectivity index (χ0) is 11.6. The van der Waals surface area contributed by atoms with Crippen LogP contribution in [-0.2, 0) is 0 Å². The molecule has 1 heterocycles. The molecular formula is C8H7BrF4N2. The Bertz CT molecular complexity index is 353. The first kappa shape index (κ1) is 12.4. The number of halogens is 5. The molecule has 2 nitrogen and oxygen atoms in total. The van der Waals surface area contributed by atoms with Gasteiger partial charge in [-0.2, -0.15) is 17.6 Å². The number of hydrogen-bond acceptors (Lipinski definition) is 2. The van der Waals surface area contributed by atoms with Gasteiger partial charge in [-0.1, -0.05) is 0 Å². The lowest BCUT2D eigenvalue weighted by Gasteiger charge is -2.18. The van der Waals surface area contributed by atoms with Crippen LogP contribution >= 0.6 is 15.9 Å². The maximum Gasteiger partial charge on any atom is 0.397 e. The maximum atomic E-state index is 13.0. The van der Waals surface area contributed by atoms with Gasteiger partial charge in [-0.05, 0) is 22.0 Å². The summed E-state index contributed by atoms with van der Waals surface area (Å²) in [6.45, 7) is -0.710. The van der Waals surface area contributed by atoms with Gasteiger partial charge in [0.1, 0.15) is 0 Å². The van der Waals surface area contributed by atoms with Crippen LogP contribution in [0.15, 0.2) is 16.7 Å². The van der Waals surface area contributed by atoms with E-state index in [1.807, 2.05) is 0 Å². The van der Waals surface area contributed by atoms with Gasteiger partial charge in [-0.3, -0.25) is 0 Å². The van der Waals surface area contributed by atoms with Crippen LogP contribution in [0.2, 0.25) is 0 Å². The molecule has 2 N–H and O–H groups in total. The van der Waals surface area contributed by atoms with Crippen molar-refractivity contribution in [1.82, 2.24) is 4.98 Å².